The number of likely N-dealkylation sites (tertiary alicyclic amines) is 1. The lowest BCUT2D eigenvalue weighted by molar-refractivity contribution is 0.114. The Kier molecular flexibility index (Phi) is 8.81. The standard InChI is InChI=1S/C16H32N4O3S2/c1-3-17-16(19-7-5-15(13-19)14-23-4-2)18-6-12-25(21,22)20-8-10-24-11-9-20/h15H,3-14H2,1-2H3,(H,17,18). The smallest absolute Gasteiger partial charge is 0.215 e. The lowest BCUT2D eigenvalue weighted by Crippen LogP contribution is -2.42. The van der Waals surface area contributed by atoms with Gasteiger partial charge in [0.25, 0.3) is 0 Å². The normalized spacial score (nSPS) is 23.2. The highest BCUT2D eigenvalue weighted by atomic mass is 32.2. The Labute approximate surface area is 156 Å². The van der Waals surface area contributed by atoms with Crippen molar-refractivity contribution in [3.63, 3.8) is 0 Å². The second-order valence-electron chi connectivity index (χ2n) is 6.32. The van der Waals surface area contributed by atoms with Crippen LogP contribution in [0.5, 0.6) is 0 Å². The first-order valence-corrected chi connectivity index (χ1v) is 12.0. The molecule has 2 fully saturated rings. The van der Waals surface area contributed by atoms with Gasteiger partial charge in [-0.1, -0.05) is 0 Å². The summed E-state index contributed by atoms with van der Waals surface area (Å²) in [5.74, 6) is 3.22. The molecule has 146 valence electrons. The minimum atomic E-state index is -3.19. The van der Waals surface area contributed by atoms with Gasteiger partial charge in [0.15, 0.2) is 5.96 Å². The molecule has 2 heterocycles. The molecule has 0 aromatic carbocycles. The highest BCUT2D eigenvalue weighted by Crippen LogP contribution is 2.17. The number of sulfonamides is 1. The Hall–Kier alpha value is -0.510. The fraction of sp³-hybridized carbons (Fsp3) is 0.938. The molecule has 1 atom stereocenters. The van der Waals surface area contributed by atoms with E-state index in [1.54, 1.807) is 4.31 Å². The van der Waals surface area contributed by atoms with Gasteiger partial charge in [0.1, 0.15) is 0 Å². The van der Waals surface area contributed by atoms with Crippen molar-refractivity contribution in [2.24, 2.45) is 10.9 Å². The van der Waals surface area contributed by atoms with E-state index in [0.717, 1.165) is 56.7 Å². The monoisotopic (exact) mass is 392 g/mol. The molecular weight excluding hydrogens is 360 g/mol. The molecule has 2 aliphatic heterocycles. The highest BCUT2D eigenvalue weighted by Gasteiger charge is 2.26. The molecule has 0 aromatic rings. The van der Waals surface area contributed by atoms with Crippen LogP contribution in [0.1, 0.15) is 20.3 Å². The molecule has 25 heavy (non-hydrogen) atoms. The zero-order valence-corrected chi connectivity index (χ0v) is 17.1. The summed E-state index contributed by atoms with van der Waals surface area (Å²) in [7, 11) is -3.19. The molecule has 9 heteroatoms. The maximum absolute atomic E-state index is 12.4. The van der Waals surface area contributed by atoms with Crippen LogP contribution >= 0.6 is 11.8 Å². The topological polar surface area (TPSA) is 74.2 Å². The summed E-state index contributed by atoms with van der Waals surface area (Å²) in [5.41, 5.74) is 0. The lowest BCUT2D eigenvalue weighted by atomic mass is 10.1. The minimum Gasteiger partial charge on any atom is -0.381 e. The van der Waals surface area contributed by atoms with Gasteiger partial charge in [-0.05, 0) is 20.3 Å². The van der Waals surface area contributed by atoms with E-state index in [1.807, 2.05) is 25.6 Å². The first-order chi connectivity index (χ1) is 12.1. The fourth-order valence-corrected chi connectivity index (χ4v) is 5.55. The van der Waals surface area contributed by atoms with Crippen LogP contribution in [0.4, 0.5) is 0 Å². The van der Waals surface area contributed by atoms with Crippen molar-refractivity contribution in [1.82, 2.24) is 14.5 Å². The molecule has 2 saturated heterocycles. The van der Waals surface area contributed by atoms with E-state index in [2.05, 4.69) is 15.2 Å². The molecule has 0 aromatic heterocycles. The first kappa shape index (κ1) is 20.8. The molecule has 0 bridgehead atoms. The average Bonchev–Trinajstić information content (AvgIpc) is 3.09. The molecule has 2 aliphatic rings. The zero-order valence-electron chi connectivity index (χ0n) is 15.4. The summed E-state index contributed by atoms with van der Waals surface area (Å²) in [6.07, 6.45) is 1.09. The second kappa shape index (κ2) is 10.6. The number of nitrogens with one attached hydrogen (secondary N) is 1. The summed E-state index contributed by atoms with van der Waals surface area (Å²) in [4.78, 5) is 6.79. The van der Waals surface area contributed by atoms with Crippen molar-refractivity contribution < 1.29 is 13.2 Å². The molecule has 1 N–H and O–H groups in total. The predicted molar refractivity (Wildman–Crippen MR) is 105 cm³/mol. The van der Waals surface area contributed by atoms with E-state index in [0.29, 0.717) is 25.6 Å². The zero-order chi connectivity index (χ0) is 18.1. The average molecular weight is 393 g/mol. The summed E-state index contributed by atoms with van der Waals surface area (Å²) in [6, 6.07) is 0. The van der Waals surface area contributed by atoms with Crippen LogP contribution < -0.4 is 5.32 Å². The number of guanidine groups is 1. The van der Waals surface area contributed by atoms with Crippen LogP contribution in [-0.2, 0) is 14.8 Å². The van der Waals surface area contributed by atoms with Crippen LogP contribution in [0.2, 0.25) is 0 Å². The van der Waals surface area contributed by atoms with Crippen molar-refractivity contribution in [2.45, 2.75) is 20.3 Å². The van der Waals surface area contributed by atoms with Crippen LogP contribution in [-0.4, -0.2) is 93.3 Å². The van der Waals surface area contributed by atoms with E-state index in [9.17, 15) is 8.42 Å². The van der Waals surface area contributed by atoms with E-state index in [-0.39, 0.29) is 5.75 Å². The summed E-state index contributed by atoms with van der Waals surface area (Å²) in [5, 5.41) is 3.29. The fourth-order valence-electron chi connectivity index (χ4n) is 3.09. The highest BCUT2D eigenvalue weighted by molar-refractivity contribution is 7.99. The maximum atomic E-state index is 12.4. The molecule has 2 rings (SSSR count). The maximum Gasteiger partial charge on any atom is 0.215 e. The van der Waals surface area contributed by atoms with E-state index in [4.69, 9.17) is 4.74 Å². The van der Waals surface area contributed by atoms with Crippen molar-refractivity contribution in [2.75, 3.05) is 69.7 Å². The quantitative estimate of drug-likeness (QED) is 0.484. The Bertz CT molecular complexity index is 521. The van der Waals surface area contributed by atoms with Crippen LogP contribution in [0.15, 0.2) is 4.99 Å². The number of hydrogen-bond donors (Lipinski definition) is 1. The van der Waals surface area contributed by atoms with Gasteiger partial charge in [-0.3, -0.25) is 4.99 Å². The van der Waals surface area contributed by atoms with E-state index >= 15 is 0 Å². The van der Waals surface area contributed by atoms with Crippen molar-refractivity contribution in [3.05, 3.63) is 0 Å². The molecule has 0 saturated carbocycles. The molecule has 0 spiro atoms. The Morgan fingerprint density at radius 2 is 2.04 bits per heavy atom. The van der Waals surface area contributed by atoms with Crippen molar-refractivity contribution in [1.29, 1.82) is 0 Å². The second-order valence-corrected chi connectivity index (χ2v) is 9.64. The van der Waals surface area contributed by atoms with Gasteiger partial charge in [0.05, 0.1) is 18.9 Å². The SMILES string of the molecule is CCNC(=NCCS(=O)(=O)N1CCSCC1)N1CCC(COCC)C1. The Morgan fingerprint density at radius 3 is 2.72 bits per heavy atom. The van der Waals surface area contributed by atoms with Crippen LogP contribution in [0.25, 0.3) is 0 Å². The number of thioether (sulfide) groups is 1. The first-order valence-electron chi connectivity index (χ1n) is 9.23. The molecule has 1 unspecified atom stereocenters. The number of ether oxygens (including phenoxy) is 1. The molecule has 0 radical (unpaired) electrons. The third-order valence-corrected chi connectivity index (χ3v) is 7.25. The minimum absolute atomic E-state index is 0.0861. The van der Waals surface area contributed by atoms with Gasteiger partial charge in [0.2, 0.25) is 10.0 Å². The third-order valence-electron chi connectivity index (χ3n) is 4.45. The molecular formula is C16H32N4O3S2. The van der Waals surface area contributed by atoms with Gasteiger partial charge in [-0.25, -0.2) is 12.7 Å². The third kappa shape index (κ3) is 6.62. The van der Waals surface area contributed by atoms with Crippen LogP contribution in [0.3, 0.4) is 0 Å². The van der Waals surface area contributed by atoms with Gasteiger partial charge < -0.3 is 15.0 Å². The van der Waals surface area contributed by atoms with Crippen molar-refractivity contribution in [3.8, 4) is 0 Å². The summed E-state index contributed by atoms with van der Waals surface area (Å²) >= 11 is 1.81. The van der Waals surface area contributed by atoms with Crippen molar-refractivity contribution >= 4 is 27.7 Å². The van der Waals surface area contributed by atoms with Gasteiger partial charge in [-0.15, -0.1) is 0 Å². The number of nitrogens with zero attached hydrogens (tertiary/aromatic N) is 3. The largest absolute Gasteiger partial charge is 0.381 e. The molecule has 0 aliphatic carbocycles. The van der Waals surface area contributed by atoms with Gasteiger partial charge in [-0.2, -0.15) is 11.8 Å². The lowest BCUT2D eigenvalue weighted by Gasteiger charge is -2.25. The van der Waals surface area contributed by atoms with E-state index < -0.39 is 10.0 Å². The summed E-state index contributed by atoms with van der Waals surface area (Å²) in [6.45, 7) is 9.78. The summed E-state index contributed by atoms with van der Waals surface area (Å²) < 4.78 is 32.0. The Morgan fingerprint density at radius 1 is 1.28 bits per heavy atom. The van der Waals surface area contributed by atoms with Gasteiger partial charge >= 0.3 is 0 Å². The Balaban J connectivity index is 1.87. The van der Waals surface area contributed by atoms with E-state index in [1.165, 1.54) is 0 Å². The van der Waals surface area contributed by atoms with Crippen LogP contribution in [0, 0.1) is 5.92 Å². The number of rotatable bonds is 8. The van der Waals surface area contributed by atoms with Gasteiger partial charge in [0, 0.05) is 56.8 Å². The molecule has 0 amide bonds. The predicted octanol–water partition coefficient (Wildman–Crippen LogP) is 0.689. The number of aliphatic imine (C=N–C) groups is 1. The molecule has 7 nitrogen and oxygen atoms in total. The number of hydrogen-bond acceptors (Lipinski definition) is 5.